The Bertz CT molecular complexity index is 1240. The van der Waals surface area contributed by atoms with Gasteiger partial charge in [-0.15, -0.1) is 0 Å². The summed E-state index contributed by atoms with van der Waals surface area (Å²) >= 11 is 0. The average Bonchev–Trinajstić information content (AvgIpc) is 3.33. The van der Waals surface area contributed by atoms with Crippen molar-refractivity contribution in [3.05, 3.63) is 41.1 Å². The first-order valence-corrected chi connectivity index (χ1v) is 11.5. The summed E-state index contributed by atoms with van der Waals surface area (Å²) in [6.07, 6.45) is -0.869. The van der Waals surface area contributed by atoms with Crippen LogP contribution in [0.5, 0.6) is 0 Å². The number of carbonyl (C=O) groups is 1. The molecular weight excluding hydrogens is 459 g/mol. The molecule has 2 aromatic rings. The third-order valence-electron chi connectivity index (χ3n) is 6.88. The number of anilines is 3. The summed E-state index contributed by atoms with van der Waals surface area (Å²) in [7, 11) is 1.75. The molecule has 1 amide bonds. The second kappa shape index (κ2) is 8.54. The maximum atomic E-state index is 14.0. The van der Waals surface area contributed by atoms with Crippen molar-refractivity contribution in [3.8, 4) is 0 Å². The Morgan fingerprint density at radius 1 is 1.26 bits per heavy atom. The SMILES string of the molecule is CNc1ncc2c(n1)N1CCN=C1C(c1cc(N3CCC(C(N)=O)CC3C(F)(F)F)ccc1C)=C2. The number of aliphatic imine (C=N–C) groups is 1. The van der Waals surface area contributed by atoms with E-state index in [-0.39, 0.29) is 19.4 Å². The summed E-state index contributed by atoms with van der Waals surface area (Å²) in [5.74, 6) is 0.534. The van der Waals surface area contributed by atoms with Crippen LogP contribution in [0, 0.1) is 12.8 Å². The minimum Gasteiger partial charge on any atom is -0.369 e. The van der Waals surface area contributed by atoms with Gasteiger partial charge in [0, 0.05) is 49.1 Å². The number of carbonyl (C=O) groups excluding carboxylic acids is 1. The van der Waals surface area contributed by atoms with Gasteiger partial charge >= 0.3 is 6.18 Å². The molecular formula is C24H26F3N7O. The molecule has 0 bridgehead atoms. The number of alkyl halides is 3. The summed E-state index contributed by atoms with van der Waals surface area (Å²) < 4.78 is 42.0. The van der Waals surface area contributed by atoms with E-state index in [0.29, 0.717) is 24.7 Å². The van der Waals surface area contributed by atoms with Gasteiger partial charge in [0.2, 0.25) is 11.9 Å². The molecule has 0 spiro atoms. The summed E-state index contributed by atoms with van der Waals surface area (Å²) in [6, 6.07) is 3.54. The first-order valence-electron chi connectivity index (χ1n) is 11.5. The number of aromatic nitrogens is 2. The van der Waals surface area contributed by atoms with Gasteiger partial charge in [0.1, 0.15) is 17.7 Å². The monoisotopic (exact) mass is 485 g/mol. The molecule has 0 saturated carbocycles. The number of hydrogen-bond donors (Lipinski definition) is 2. The van der Waals surface area contributed by atoms with Crippen molar-refractivity contribution in [2.75, 3.05) is 41.8 Å². The Morgan fingerprint density at radius 3 is 2.77 bits per heavy atom. The molecule has 5 rings (SSSR count). The third-order valence-corrected chi connectivity index (χ3v) is 6.88. The van der Waals surface area contributed by atoms with Crippen molar-refractivity contribution in [1.82, 2.24) is 9.97 Å². The number of halogens is 3. The second-order valence-electron chi connectivity index (χ2n) is 9.01. The number of nitrogens with one attached hydrogen (secondary N) is 1. The van der Waals surface area contributed by atoms with Crippen LogP contribution in [-0.4, -0.2) is 60.6 Å². The van der Waals surface area contributed by atoms with Crippen molar-refractivity contribution in [1.29, 1.82) is 0 Å². The maximum Gasteiger partial charge on any atom is 0.408 e. The molecule has 3 aliphatic heterocycles. The summed E-state index contributed by atoms with van der Waals surface area (Å²) in [6.45, 7) is 3.28. The van der Waals surface area contributed by atoms with Gasteiger partial charge in [0.25, 0.3) is 0 Å². The van der Waals surface area contributed by atoms with Gasteiger partial charge in [-0.05, 0) is 49.1 Å². The van der Waals surface area contributed by atoms with E-state index in [0.717, 1.165) is 33.9 Å². The Hall–Kier alpha value is -3.63. The number of amides is 1. The number of amidine groups is 1. The van der Waals surface area contributed by atoms with Crippen LogP contribution in [0.2, 0.25) is 0 Å². The van der Waals surface area contributed by atoms with E-state index in [1.807, 2.05) is 24.0 Å². The lowest BCUT2D eigenvalue weighted by molar-refractivity contribution is -0.157. The molecule has 1 aromatic carbocycles. The van der Waals surface area contributed by atoms with E-state index in [1.54, 1.807) is 25.4 Å². The zero-order valence-electron chi connectivity index (χ0n) is 19.4. The van der Waals surface area contributed by atoms with E-state index >= 15 is 0 Å². The van der Waals surface area contributed by atoms with Gasteiger partial charge in [0.05, 0.1) is 6.54 Å². The molecule has 0 radical (unpaired) electrons. The van der Waals surface area contributed by atoms with Gasteiger partial charge in [-0.2, -0.15) is 18.2 Å². The fraction of sp³-hybridized carbons (Fsp3) is 0.417. The molecule has 2 unspecified atom stereocenters. The molecule has 0 aliphatic carbocycles. The van der Waals surface area contributed by atoms with Crippen LogP contribution in [0.4, 0.5) is 30.6 Å². The minimum atomic E-state index is -4.49. The number of fused-ring (bicyclic) bond motifs is 3. The predicted molar refractivity (Wildman–Crippen MR) is 129 cm³/mol. The number of nitrogens with zero attached hydrogens (tertiary/aromatic N) is 5. The number of nitrogens with two attached hydrogens (primary N) is 1. The van der Waals surface area contributed by atoms with E-state index in [1.165, 1.54) is 4.90 Å². The molecule has 3 aliphatic rings. The lowest BCUT2D eigenvalue weighted by Crippen LogP contribution is -2.52. The zero-order chi connectivity index (χ0) is 24.9. The van der Waals surface area contributed by atoms with Crippen molar-refractivity contribution >= 4 is 40.8 Å². The standard InChI is InChI=1S/C24H26F3N7O/c1-13-3-4-16(33-7-5-14(20(28)35)10-19(33)24(25,26)27)11-17(13)18-9-15-12-31-23(29-2)32-21(15)34-8-6-30-22(18)34/h3-4,9,11-12,14,19H,5-8,10H2,1-2H3,(H2,28,35)(H,29,31,32). The molecule has 2 atom stereocenters. The number of aryl methyl sites for hydroxylation is 1. The van der Waals surface area contributed by atoms with Crippen LogP contribution in [-0.2, 0) is 4.79 Å². The molecule has 3 N–H and O–H groups in total. The average molecular weight is 486 g/mol. The van der Waals surface area contributed by atoms with Crippen LogP contribution in [0.3, 0.4) is 0 Å². The van der Waals surface area contributed by atoms with Gasteiger partial charge in [-0.25, -0.2) is 4.98 Å². The first-order chi connectivity index (χ1) is 16.7. The zero-order valence-corrected chi connectivity index (χ0v) is 19.4. The Balaban J connectivity index is 1.57. The number of benzene rings is 1. The number of primary amides is 1. The summed E-state index contributed by atoms with van der Waals surface area (Å²) in [5.41, 5.74) is 9.16. The maximum absolute atomic E-state index is 14.0. The predicted octanol–water partition coefficient (Wildman–Crippen LogP) is 3.23. The smallest absolute Gasteiger partial charge is 0.369 e. The third kappa shape index (κ3) is 4.08. The summed E-state index contributed by atoms with van der Waals surface area (Å²) in [5, 5.41) is 2.94. The van der Waals surface area contributed by atoms with Crippen LogP contribution in [0.25, 0.3) is 11.6 Å². The molecule has 1 aromatic heterocycles. The first kappa shape index (κ1) is 23.1. The largest absolute Gasteiger partial charge is 0.408 e. The van der Waals surface area contributed by atoms with Crippen molar-refractivity contribution in [3.63, 3.8) is 0 Å². The Labute approximate surface area is 200 Å². The van der Waals surface area contributed by atoms with Crippen molar-refractivity contribution in [2.24, 2.45) is 16.6 Å². The Morgan fingerprint density at radius 2 is 2.06 bits per heavy atom. The van der Waals surface area contributed by atoms with Crippen LogP contribution in [0.1, 0.15) is 29.5 Å². The molecule has 4 heterocycles. The van der Waals surface area contributed by atoms with Crippen LogP contribution >= 0.6 is 0 Å². The number of rotatable bonds is 4. The van der Waals surface area contributed by atoms with Crippen LogP contribution in [0.15, 0.2) is 29.4 Å². The van der Waals surface area contributed by atoms with Crippen molar-refractivity contribution < 1.29 is 18.0 Å². The van der Waals surface area contributed by atoms with Crippen molar-refractivity contribution in [2.45, 2.75) is 32.0 Å². The highest BCUT2D eigenvalue weighted by Gasteiger charge is 2.48. The topological polar surface area (TPSA) is 99.7 Å². The fourth-order valence-corrected chi connectivity index (χ4v) is 5.04. The lowest BCUT2D eigenvalue weighted by Gasteiger charge is -2.41. The van der Waals surface area contributed by atoms with Gasteiger partial charge in [-0.1, -0.05) is 6.07 Å². The van der Waals surface area contributed by atoms with E-state index in [2.05, 4.69) is 20.3 Å². The lowest BCUT2D eigenvalue weighted by atomic mass is 9.88. The number of hydrogen-bond acceptors (Lipinski definition) is 7. The molecule has 184 valence electrons. The normalized spacial score (nSPS) is 21.7. The quantitative estimate of drug-likeness (QED) is 0.690. The van der Waals surface area contributed by atoms with E-state index < -0.39 is 24.0 Å². The van der Waals surface area contributed by atoms with E-state index in [9.17, 15) is 18.0 Å². The molecule has 8 nitrogen and oxygen atoms in total. The van der Waals surface area contributed by atoms with Gasteiger partial charge in [-0.3, -0.25) is 9.79 Å². The summed E-state index contributed by atoms with van der Waals surface area (Å²) in [4.78, 5) is 28.6. The highest BCUT2D eigenvalue weighted by molar-refractivity contribution is 6.36. The van der Waals surface area contributed by atoms with Crippen LogP contribution < -0.4 is 20.9 Å². The molecule has 1 saturated heterocycles. The van der Waals surface area contributed by atoms with E-state index in [4.69, 9.17) is 5.73 Å². The van der Waals surface area contributed by atoms with Gasteiger partial charge < -0.3 is 20.9 Å². The molecule has 35 heavy (non-hydrogen) atoms. The molecule has 1 fully saturated rings. The number of piperidine rings is 1. The Kier molecular flexibility index (Phi) is 5.65. The minimum absolute atomic E-state index is 0.0931. The highest BCUT2D eigenvalue weighted by atomic mass is 19.4. The second-order valence-corrected chi connectivity index (χ2v) is 9.01. The fourth-order valence-electron chi connectivity index (χ4n) is 5.04. The highest BCUT2D eigenvalue weighted by Crippen LogP contribution is 2.40. The molecule has 11 heteroatoms. The van der Waals surface area contributed by atoms with Gasteiger partial charge in [0.15, 0.2) is 0 Å².